The van der Waals surface area contributed by atoms with Crippen LogP contribution >= 0.6 is 0 Å². The van der Waals surface area contributed by atoms with Crippen LogP contribution in [0.2, 0.25) is 0 Å². The molecule has 146 valence electrons. The third-order valence-corrected chi connectivity index (χ3v) is 5.33. The van der Waals surface area contributed by atoms with Gasteiger partial charge in [-0.15, -0.1) is 0 Å². The van der Waals surface area contributed by atoms with Gasteiger partial charge in [-0.3, -0.25) is 19.3 Å². The first kappa shape index (κ1) is 18.9. The molecule has 29 heavy (non-hydrogen) atoms. The second-order valence-corrected chi connectivity index (χ2v) is 7.37. The first-order valence-electron chi connectivity index (χ1n) is 9.67. The lowest BCUT2D eigenvalue weighted by molar-refractivity contribution is -0.139. The Morgan fingerprint density at radius 2 is 1.55 bits per heavy atom. The van der Waals surface area contributed by atoms with E-state index >= 15 is 0 Å². The molecule has 1 fully saturated rings. The first-order chi connectivity index (χ1) is 14.0. The normalized spacial score (nSPS) is 13.9. The average Bonchev–Trinajstić information content (AvgIpc) is 3.06. The van der Waals surface area contributed by atoms with E-state index in [2.05, 4.69) is 18.2 Å². The van der Waals surface area contributed by atoms with Crippen molar-refractivity contribution >= 4 is 28.5 Å². The standard InChI is InChI=1S/C24H22N2O3/c1-25(16-20-7-4-6-18-5-2-3-8-21(18)20)24(29)19-11-9-17(10-12-19)15-26-22(27)13-14-23(26)28/h2-12H,13-16H2,1H3. The highest BCUT2D eigenvalue weighted by molar-refractivity contribution is 6.01. The van der Waals surface area contributed by atoms with Gasteiger partial charge in [0, 0.05) is 32.0 Å². The minimum Gasteiger partial charge on any atom is -0.337 e. The van der Waals surface area contributed by atoms with Gasteiger partial charge in [-0.25, -0.2) is 0 Å². The molecule has 5 heteroatoms. The lowest BCUT2D eigenvalue weighted by Gasteiger charge is -2.19. The fourth-order valence-electron chi connectivity index (χ4n) is 3.71. The molecule has 3 aromatic rings. The summed E-state index contributed by atoms with van der Waals surface area (Å²) < 4.78 is 0. The number of imide groups is 1. The van der Waals surface area contributed by atoms with Crippen molar-refractivity contribution in [2.24, 2.45) is 0 Å². The van der Waals surface area contributed by atoms with Gasteiger partial charge in [-0.1, -0.05) is 54.6 Å². The highest BCUT2D eigenvalue weighted by atomic mass is 16.2. The number of rotatable bonds is 5. The van der Waals surface area contributed by atoms with Crippen LogP contribution in [0.25, 0.3) is 10.8 Å². The van der Waals surface area contributed by atoms with E-state index in [0.29, 0.717) is 12.1 Å². The molecule has 5 nitrogen and oxygen atoms in total. The predicted molar refractivity (Wildman–Crippen MR) is 111 cm³/mol. The van der Waals surface area contributed by atoms with Gasteiger partial charge in [0.25, 0.3) is 5.91 Å². The fourth-order valence-corrected chi connectivity index (χ4v) is 3.71. The van der Waals surface area contributed by atoms with Gasteiger partial charge in [-0.05, 0) is 34.0 Å². The molecule has 0 saturated carbocycles. The predicted octanol–water partition coefficient (Wildman–Crippen LogP) is 3.76. The summed E-state index contributed by atoms with van der Waals surface area (Å²) in [6.45, 7) is 0.775. The second-order valence-electron chi connectivity index (χ2n) is 7.37. The Labute approximate surface area is 169 Å². The molecule has 3 aromatic carbocycles. The van der Waals surface area contributed by atoms with Crippen LogP contribution in [0.3, 0.4) is 0 Å². The van der Waals surface area contributed by atoms with Crippen molar-refractivity contribution in [2.75, 3.05) is 7.05 Å². The number of likely N-dealkylation sites (tertiary alicyclic amines) is 1. The van der Waals surface area contributed by atoms with Crippen LogP contribution in [-0.2, 0) is 22.7 Å². The number of amides is 3. The summed E-state index contributed by atoms with van der Waals surface area (Å²) >= 11 is 0. The molecule has 0 aromatic heterocycles. The summed E-state index contributed by atoms with van der Waals surface area (Å²) in [5.74, 6) is -0.340. The highest BCUT2D eigenvalue weighted by Crippen LogP contribution is 2.21. The van der Waals surface area contributed by atoms with Crippen LogP contribution in [0.5, 0.6) is 0 Å². The number of carbonyl (C=O) groups is 3. The van der Waals surface area contributed by atoms with Crippen molar-refractivity contribution in [1.82, 2.24) is 9.80 Å². The smallest absolute Gasteiger partial charge is 0.253 e. The quantitative estimate of drug-likeness (QED) is 0.628. The molecule has 0 spiro atoms. The van der Waals surface area contributed by atoms with Gasteiger partial charge in [0.1, 0.15) is 0 Å². The third-order valence-electron chi connectivity index (χ3n) is 5.33. The monoisotopic (exact) mass is 386 g/mol. The molecule has 1 heterocycles. The Kier molecular flexibility index (Phi) is 5.12. The van der Waals surface area contributed by atoms with E-state index in [4.69, 9.17) is 0 Å². The number of hydrogen-bond donors (Lipinski definition) is 0. The summed E-state index contributed by atoms with van der Waals surface area (Å²) in [6, 6.07) is 21.4. The molecular weight excluding hydrogens is 364 g/mol. The lowest BCUT2D eigenvalue weighted by atomic mass is 10.0. The van der Waals surface area contributed by atoms with Crippen LogP contribution in [0.15, 0.2) is 66.7 Å². The topological polar surface area (TPSA) is 57.7 Å². The highest BCUT2D eigenvalue weighted by Gasteiger charge is 2.28. The van der Waals surface area contributed by atoms with E-state index in [9.17, 15) is 14.4 Å². The van der Waals surface area contributed by atoms with Crippen molar-refractivity contribution < 1.29 is 14.4 Å². The van der Waals surface area contributed by atoms with E-state index < -0.39 is 0 Å². The van der Waals surface area contributed by atoms with Crippen LogP contribution in [-0.4, -0.2) is 34.6 Å². The zero-order valence-electron chi connectivity index (χ0n) is 16.3. The summed E-state index contributed by atoms with van der Waals surface area (Å²) in [5, 5.41) is 2.30. The van der Waals surface area contributed by atoms with Crippen LogP contribution in [0.1, 0.15) is 34.3 Å². The molecule has 0 unspecified atom stereocenters. The number of hydrogen-bond acceptors (Lipinski definition) is 3. The molecule has 0 aliphatic carbocycles. The number of carbonyl (C=O) groups excluding carboxylic acids is 3. The number of nitrogens with zero attached hydrogens (tertiary/aromatic N) is 2. The van der Waals surface area contributed by atoms with E-state index in [1.54, 1.807) is 36.2 Å². The van der Waals surface area contributed by atoms with Gasteiger partial charge in [0.15, 0.2) is 0 Å². The zero-order valence-corrected chi connectivity index (χ0v) is 16.3. The largest absolute Gasteiger partial charge is 0.337 e. The maximum Gasteiger partial charge on any atom is 0.253 e. The van der Waals surface area contributed by atoms with E-state index in [1.807, 2.05) is 24.3 Å². The van der Waals surface area contributed by atoms with Crippen molar-refractivity contribution in [3.63, 3.8) is 0 Å². The Bertz CT molecular complexity index is 1070. The SMILES string of the molecule is CN(Cc1cccc2ccccc12)C(=O)c1ccc(CN2C(=O)CCC2=O)cc1. The van der Waals surface area contributed by atoms with E-state index in [1.165, 1.54) is 4.90 Å². The van der Waals surface area contributed by atoms with E-state index in [-0.39, 0.29) is 37.1 Å². The van der Waals surface area contributed by atoms with Crippen molar-refractivity contribution in [2.45, 2.75) is 25.9 Å². The van der Waals surface area contributed by atoms with Crippen LogP contribution in [0, 0.1) is 0 Å². The Hall–Kier alpha value is -3.47. The minimum absolute atomic E-state index is 0.0715. The molecule has 3 amide bonds. The first-order valence-corrected chi connectivity index (χ1v) is 9.67. The third kappa shape index (κ3) is 3.90. The molecule has 0 N–H and O–H groups in total. The summed E-state index contributed by atoms with van der Waals surface area (Å²) in [5.41, 5.74) is 2.51. The average molecular weight is 386 g/mol. The molecule has 1 aliphatic heterocycles. The van der Waals surface area contributed by atoms with Crippen molar-refractivity contribution in [1.29, 1.82) is 0 Å². The zero-order chi connectivity index (χ0) is 20.4. The van der Waals surface area contributed by atoms with Gasteiger partial charge < -0.3 is 4.90 Å². The molecule has 1 aliphatic rings. The second kappa shape index (κ2) is 7.87. The Morgan fingerprint density at radius 3 is 2.28 bits per heavy atom. The molecular formula is C24H22N2O3. The Morgan fingerprint density at radius 1 is 0.897 bits per heavy atom. The van der Waals surface area contributed by atoms with Gasteiger partial charge in [0.05, 0.1) is 6.54 Å². The summed E-state index contributed by atoms with van der Waals surface area (Å²) in [4.78, 5) is 39.4. The summed E-state index contributed by atoms with van der Waals surface area (Å²) in [7, 11) is 1.79. The maximum absolute atomic E-state index is 12.9. The number of fused-ring (bicyclic) bond motifs is 1. The number of benzene rings is 3. The van der Waals surface area contributed by atoms with Crippen LogP contribution in [0.4, 0.5) is 0 Å². The van der Waals surface area contributed by atoms with Crippen molar-refractivity contribution in [3.8, 4) is 0 Å². The molecule has 0 radical (unpaired) electrons. The molecule has 0 atom stereocenters. The maximum atomic E-state index is 12.9. The minimum atomic E-state index is -0.134. The van der Waals surface area contributed by atoms with Gasteiger partial charge in [-0.2, -0.15) is 0 Å². The van der Waals surface area contributed by atoms with E-state index in [0.717, 1.165) is 21.9 Å². The van der Waals surface area contributed by atoms with Gasteiger partial charge in [0.2, 0.25) is 11.8 Å². The lowest BCUT2D eigenvalue weighted by Crippen LogP contribution is -2.28. The molecule has 0 bridgehead atoms. The Balaban J connectivity index is 1.46. The molecule has 1 saturated heterocycles. The van der Waals surface area contributed by atoms with Gasteiger partial charge >= 0.3 is 0 Å². The fraction of sp³-hybridized carbons (Fsp3) is 0.208. The van der Waals surface area contributed by atoms with Crippen LogP contribution < -0.4 is 0 Å². The summed E-state index contributed by atoms with van der Waals surface area (Å²) in [6.07, 6.45) is 0.572. The van der Waals surface area contributed by atoms with Crippen molar-refractivity contribution in [3.05, 3.63) is 83.4 Å². The molecule has 4 rings (SSSR count).